The Kier molecular flexibility index (Phi) is 4.93. The number of aliphatic hydroxyl groups excluding tert-OH is 1. The van der Waals surface area contributed by atoms with Gasteiger partial charge in [-0.15, -0.1) is 0 Å². The zero-order chi connectivity index (χ0) is 14.6. The van der Waals surface area contributed by atoms with Crippen LogP contribution in [0, 0.1) is 16.7 Å². The van der Waals surface area contributed by atoms with Gasteiger partial charge in [0, 0.05) is 10.6 Å². The number of aliphatic hydroxyl groups is 1. The van der Waals surface area contributed by atoms with Crippen LogP contribution in [0.5, 0.6) is 0 Å². The second-order valence-corrected chi connectivity index (χ2v) is 5.77. The summed E-state index contributed by atoms with van der Waals surface area (Å²) in [5, 5.41) is 21.9. The van der Waals surface area contributed by atoms with E-state index in [1.54, 1.807) is 24.3 Å². The van der Waals surface area contributed by atoms with E-state index < -0.39 is 23.5 Å². The summed E-state index contributed by atoms with van der Waals surface area (Å²) >= 11 is 5.92. The van der Waals surface area contributed by atoms with Crippen molar-refractivity contribution in [3.05, 3.63) is 34.9 Å². The van der Waals surface area contributed by atoms with Gasteiger partial charge in [0.25, 0.3) is 5.91 Å². The SMILES string of the molecule is CC(C)(C)[C@@H](C#N)NC(=O)[C@H](O)c1ccccc1Cl. The van der Waals surface area contributed by atoms with E-state index in [-0.39, 0.29) is 0 Å². The van der Waals surface area contributed by atoms with Crippen molar-refractivity contribution in [3.63, 3.8) is 0 Å². The van der Waals surface area contributed by atoms with E-state index >= 15 is 0 Å². The molecule has 0 aliphatic rings. The Morgan fingerprint density at radius 3 is 2.47 bits per heavy atom. The highest BCUT2D eigenvalue weighted by molar-refractivity contribution is 6.31. The minimum Gasteiger partial charge on any atom is -0.378 e. The Morgan fingerprint density at radius 2 is 2.00 bits per heavy atom. The van der Waals surface area contributed by atoms with Crippen molar-refractivity contribution < 1.29 is 9.90 Å². The molecule has 0 fully saturated rings. The van der Waals surface area contributed by atoms with Crippen molar-refractivity contribution in [2.45, 2.75) is 32.9 Å². The number of carbonyl (C=O) groups is 1. The fourth-order valence-corrected chi connectivity index (χ4v) is 1.74. The number of hydrogen-bond acceptors (Lipinski definition) is 3. The van der Waals surface area contributed by atoms with Gasteiger partial charge in [-0.3, -0.25) is 4.79 Å². The molecule has 2 atom stereocenters. The van der Waals surface area contributed by atoms with Crippen molar-refractivity contribution in [2.75, 3.05) is 0 Å². The largest absolute Gasteiger partial charge is 0.378 e. The molecule has 0 spiro atoms. The molecule has 0 bridgehead atoms. The lowest BCUT2D eigenvalue weighted by Crippen LogP contribution is -2.44. The molecule has 5 heteroatoms. The topological polar surface area (TPSA) is 73.1 Å². The number of nitrogens with one attached hydrogen (secondary N) is 1. The van der Waals surface area contributed by atoms with Crippen LogP contribution in [0.25, 0.3) is 0 Å². The highest BCUT2D eigenvalue weighted by Crippen LogP contribution is 2.24. The van der Waals surface area contributed by atoms with Crippen LogP contribution in [0.2, 0.25) is 5.02 Å². The third-order valence-electron chi connectivity index (χ3n) is 2.73. The number of halogens is 1. The maximum atomic E-state index is 11.9. The van der Waals surface area contributed by atoms with Gasteiger partial charge in [-0.1, -0.05) is 50.6 Å². The number of nitrogens with zero attached hydrogens (tertiary/aromatic N) is 1. The summed E-state index contributed by atoms with van der Waals surface area (Å²) in [6.45, 7) is 5.51. The lowest BCUT2D eigenvalue weighted by atomic mass is 9.87. The number of nitriles is 1. The first-order chi connectivity index (χ1) is 8.77. The summed E-state index contributed by atoms with van der Waals surface area (Å²) in [7, 11) is 0. The van der Waals surface area contributed by atoms with Crippen LogP contribution < -0.4 is 5.32 Å². The molecule has 2 N–H and O–H groups in total. The number of amides is 1. The Balaban J connectivity index is 2.85. The van der Waals surface area contributed by atoms with Crippen molar-refractivity contribution >= 4 is 17.5 Å². The summed E-state index contributed by atoms with van der Waals surface area (Å²) < 4.78 is 0. The van der Waals surface area contributed by atoms with Crippen LogP contribution >= 0.6 is 11.6 Å². The molecule has 1 aromatic carbocycles. The van der Waals surface area contributed by atoms with Crippen LogP contribution in [-0.2, 0) is 4.79 Å². The molecule has 1 amide bonds. The van der Waals surface area contributed by atoms with E-state index in [4.69, 9.17) is 16.9 Å². The molecule has 0 saturated carbocycles. The van der Waals surface area contributed by atoms with Crippen LogP contribution in [0.3, 0.4) is 0 Å². The standard InChI is InChI=1S/C14H17ClN2O2/c1-14(2,3)11(8-16)17-13(19)12(18)9-6-4-5-7-10(9)15/h4-7,11-12,18H,1-3H3,(H,17,19)/t11-,12-/m1/s1. The van der Waals surface area contributed by atoms with Gasteiger partial charge in [-0.25, -0.2) is 0 Å². The van der Waals surface area contributed by atoms with Crippen molar-refractivity contribution in [2.24, 2.45) is 5.41 Å². The molecule has 102 valence electrons. The van der Waals surface area contributed by atoms with E-state index in [2.05, 4.69) is 5.32 Å². The molecule has 1 aromatic rings. The van der Waals surface area contributed by atoms with Gasteiger partial charge in [0.15, 0.2) is 6.10 Å². The number of hydrogen-bond donors (Lipinski definition) is 2. The summed E-state index contributed by atoms with van der Waals surface area (Å²) in [6.07, 6.45) is -1.38. The summed E-state index contributed by atoms with van der Waals surface area (Å²) in [5.41, 5.74) is -0.0859. The van der Waals surface area contributed by atoms with Gasteiger partial charge in [0.2, 0.25) is 0 Å². The van der Waals surface area contributed by atoms with Crippen molar-refractivity contribution in [1.82, 2.24) is 5.32 Å². The molecule has 0 radical (unpaired) electrons. The number of benzene rings is 1. The summed E-state index contributed by atoms with van der Waals surface area (Å²) in [6, 6.07) is 7.90. The third kappa shape index (κ3) is 3.95. The lowest BCUT2D eigenvalue weighted by Gasteiger charge is -2.26. The Morgan fingerprint density at radius 1 is 1.42 bits per heavy atom. The van der Waals surface area contributed by atoms with Gasteiger partial charge in [-0.05, 0) is 11.5 Å². The van der Waals surface area contributed by atoms with Crippen LogP contribution in [-0.4, -0.2) is 17.1 Å². The molecular weight excluding hydrogens is 264 g/mol. The summed E-state index contributed by atoms with van der Waals surface area (Å²) in [4.78, 5) is 11.9. The molecule has 0 aliphatic carbocycles. The predicted octanol–water partition coefficient (Wildman–Crippen LogP) is 2.43. The van der Waals surface area contributed by atoms with Gasteiger partial charge < -0.3 is 10.4 Å². The molecule has 0 aliphatic heterocycles. The predicted molar refractivity (Wildman–Crippen MR) is 73.4 cm³/mol. The smallest absolute Gasteiger partial charge is 0.254 e. The average Bonchev–Trinajstić information content (AvgIpc) is 2.34. The molecule has 1 rings (SSSR count). The molecule has 4 nitrogen and oxygen atoms in total. The quantitative estimate of drug-likeness (QED) is 0.893. The van der Waals surface area contributed by atoms with E-state index in [1.165, 1.54) is 0 Å². The lowest BCUT2D eigenvalue weighted by molar-refractivity contribution is -0.130. The molecule has 0 saturated heterocycles. The van der Waals surface area contributed by atoms with E-state index in [0.29, 0.717) is 10.6 Å². The zero-order valence-electron chi connectivity index (χ0n) is 11.1. The van der Waals surface area contributed by atoms with E-state index in [0.717, 1.165) is 0 Å². The monoisotopic (exact) mass is 280 g/mol. The van der Waals surface area contributed by atoms with Crippen molar-refractivity contribution in [3.8, 4) is 6.07 Å². The summed E-state index contributed by atoms with van der Waals surface area (Å²) in [5.74, 6) is -0.630. The second-order valence-electron chi connectivity index (χ2n) is 5.36. The Bertz CT molecular complexity index is 503. The van der Waals surface area contributed by atoms with Crippen LogP contribution in [0.4, 0.5) is 0 Å². The number of rotatable bonds is 3. The van der Waals surface area contributed by atoms with Crippen LogP contribution in [0.1, 0.15) is 32.4 Å². The second kappa shape index (κ2) is 6.05. The Labute approximate surface area is 118 Å². The Hall–Kier alpha value is -1.57. The third-order valence-corrected chi connectivity index (χ3v) is 3.07. The van der Waals surface area contributed by atoms with Gasteiger partial charge in [-0.2, -0.15) is 5.26 Å². The van der Waals surface area contributed by atoms with Crippen LogP contribution in [0.15, 0.2) is 24.3 Å². The molecule has 0 unspecified atom stereocenters. The highest BCUT2D eigenvalue weighted by Gasteiger charge is 2.29. The first kappa shape index (κ1) is 15.5. The maximum absolute atomic E-state index is 11.9. The molecule has 0 heterocycles. The maximum Gasteiger partial charge on any atom is 0.254 e. The first-order valence-corrected chi connectivity index (χ1v) is 6.27. The van der Waals surface area contributed by atoms with Crippen molar-refractivity contribution in [1.29, 1.82) is 5.26 Å². The fourth-order valence-electron chi connectivity index (χ4n) is 1.50. The minimum atomic E-state index is -1.38. The van der Waals surface area contributed by atoms with E-state index in [1.807, 2.05) is 26.8 Å². The van der Waals surface area contributed by atoms with Gasteiger partial charge in [0.05, 0.1) is 6.07 Å². The van der Waals surface area contributed by atoms with E-state index in [9.17, 15) is 9.90 Å². The van der Waals surface area contributed by atoms with Gasteiger partial charge >= 0.3 is 0 Å². The fraction of sp³-hybridized carbons (Fsp3) is 0.429. The zero-order valence-corrected chi connectivity index (χ0v) is 11.9. The molecule has 0 aromatic heterocycles. The highest BCUT2D eigenvalue weighted by atomic mass is 35.5. The van der Waals surface area contributed by atoms with Gasteiger partial charge in [0.1, 0.15) is 6.04 Å². The normalized spacial score (nSPS) is 14.3. The molecular formula is C14H17ClN2O2. The average molecular weight is 281 g/mol. The molecule has 19 heavy (non-hydrogen) atoms. The first-order valence-electron chi connectivity index (χ1n) is 5.90. The minimum absolute atomic E-state index is 0.314. The number of carbonyl (C=O) groups excluding carboxylic acids is 1.